The fourth-order valence-corrected chi connectivity index (χ4v) is 5.27. The third kappa shape index (κ3) is 3.31. The summed E-state index contributed by atoms with van der Waals surface area (Å²) in [5.41, 5.74) is 4.65. The van der Waals surface area contributed by atoms with E-state index in [2.05, 4.69) is 94.8 Å². The van der Waals surface area contributed by atoms with E-state index in [4.69, 9.17) is 9.84 Å². The normalized spacial score (nSPS) is 21.9. The number of likely N-dealkylation sites (tertiary alicyclic amines) is 1. The standard InChI is InChI=1S/C27H27N3O/c1-3-9-21(10-4-1)20-29-17-15-27(16-18-29)30-25(23-13-7-8-14-26(23)31-27)19-24(28-30)22-11-5-2-6-12-22/h1-14,25H,15-20H2/t25-/m0/s1. The van der Waals surface area contributed by atoms with Gasteiger partial charge < -0.3 is 4.74 Å². The molecular formula is C27H27N3O. The third-order valence-electron chi connectivity index (χ3n) is 6.90. The first-order valence-electron chi connectivity index (χ1n) is 11.3. The molecular weight excluding hydrogens is 382 g/mol. The molecule has 0 unspecified atom stereocenters. The molecule has 3 aliphatic rings. The van der Waals surface area contributed by atoms with Crippen LogP contribution < -0.4 is 4.74 Å². The highest BCUT2D eigenvalue weighted by molar-refractivity contribution is 6.01. The van der Waals surface area contributed by atoms with Gasteiger partial charge in [0.25, 0.3) is 0 Å². The average Bonchev–Trinajstić information content (AvgIpc) is 3.29. The van der Waals surface area contributed by atoms with Crippen LogP contribution in [0.15, 0.2) is 90.0 Å². The molecule has 4 nitrogen and oxygen atoms in total. The van der Waals surface area contributed by atoms with E-state index in [9.17, 15) is 0 Å². The van der Waals surface area contributed by atoms with Crippen LogP contribution in [-0.4, -0.2) is 34.4 Å². The van der Waals surface area contributed by atoms with E-state index in [0.29, 0.717) is 0 Å². The first-order valence-corrected chi connectivity index (χ1v) is 11.3. The molecule has 31 heavy (non-hydrogen) atoms. The van der Waals surface area contributed by atoms with E-state index < -0.39 is 0 Å². The fourth-order valence-electron chi connectivity index (χ4n) is 5.27. The Kier molecular flexibility index (Phi) is 4.53. The SMILES string of the molecule is c1ccc(CN2CCC3(CC2)Oc2ccccc2[C@@H]2CC(c4ccccc4)=NN23)cc1. The average molecular weight is 410 g/mol. The van der Waals surface area contributed by atoms with Crippen molar-refractivity contribution < 1.29 is 4.74 Å². The predicted molar refractivity (Wildman–Crippen MR) is 123 cm³/mol. The number of rotatable bonds is 3. The number of hydrogen-bond donors (Lipinski definition) is 0. The van der Waals surface area contributed by atoms with E-state index in [1.807, 2.05) is 0 Å². The molecule has 3 aromatic carbocycles. The second kappa shape index (κ2) is 7.54. The van der Waals surface area contributed by atoms with Gasteiger partial charge >= 0.3 is 0 Å². The van der Waals surface area contributed by atoms with Crippen LogP contribution in [0.1, 0.15) is 42.0 Å². The van der Waals surface area contributed by atoms with Crippen LogP contribution in [0.3, 0.4) is 0 Å². The van der Waals surface area contributed by atoms with Crippen molar-refractivity contribution in [3.05, 3.63) is 102 Å². The Labute approximate surface area is 183 Å². The second-order valence-electron chi connectivity index (χ2n) is 8.83. The van der Waals surface area contributed by atoms with Gasteiger partial charge in [-0.3, -0.25) is 4.90 Å². The van der Waals surface area contributed by atoms with Gasteiger partial charge in [0.05, 0.1) is 11.8 Å². The van der Waals surface area contributed by atoms with E-state index in [1.165, 1.54) is 16.7 Å². The van der Waals surface area contributed by atoms with Crippen molar-refractivity contribution in [2.45, 2.75) is 37.6 Å². The summed E-state index contributed by atoms with van der Waals surface area (Å²) in [6, 6.07) is 30.1. The van der Waals surface area contributed by atoms with Crippen molar-refractivity contribution in [3.8, 4) is 5.75 Å². The zero-order valence-electron chi connectivity index (χ0n) is 17.7. The molecule has 0 radical (unpaired) electrons. The highest BCUT2D eigenvalue weighted by Gasteiger charge is 2.51. The van der Waals surface area contributed by atoms with Crippen molar-refractivity contribution in [2.24, 2.45) is 5.10 Å². The van der Waals surface area contributed by atoms with Crippen LogP contribution in [-0.2, 0) is 6.54 Å². The summed E-state index contributed by atoms with van der Waals surface area (Å²) in [4.78, 5) is 2.54. The number of hydrogen-bond acceptors (Lipinski definition) is 4. The van der Waals surface area contributed by atoms with Gasteiger partial charge in [0, 0.05) is 44.5 Å². The molecule has 0 amide bonds. The molecule has 3 aromatic rings. The number of benzene rings is 3. The Hall–Kier alpha value is -3.11. The third-order valence-corrected chi connectivity index (χ3v) is 6.90. The predicted octanol–water partition coefficient (Wildman–Crippen LogP) is 5.22. The maximum atomic E-state index is 6.75. The Morgan fingerprint density at radius 3 is 2.29 bits per heavy atom. The van der Waals surface area contributed by atoms with Crippen molar-refractivity contribution in [3.63, 3.8) is 0 Å². The van der Waals surface area contributed by atoms with Crippen LogP contribution in [0.4, 0.5) is 0 Å². The Bertz CT molecular complexity index is 1090. The first-order chi connectivity index (χ1) is 15.3. The lowest BCUT2D eigenvalue weighted by atomic mass is 9.90. The molecule has 0 bridgehead atoms. The molecule has 156 valence electrons. The maximum Gasteiger partial charge on any atom is 0.200 e. The minimum Gasteiger partial charge on any atom is -0.466 e. The Morgan fingerprint density at radius 2 is 1.52 bits per heavy atom. The lowest BCUT2D eigenvalue weighted by Crippen LogP contribution is -2.59. The van der Waals surface area contributed by atoms with Crippen molar-refractivity contribution >= 4 is 5.71 Å². The molecule has 1 fully saturated rings. The Balaban J connectivity index is 1.29. The zero-order chi connectivity index (χ0) is 20.7. The summed E-state index contributed by atoms with van der Waals surface area (Å²) in [7, 11) is 0. The summed E-state index contributed by atoms with van der Waals surface area (Å²) in [6.45, 7) is 3.02. The smallest absolute Gasteiger partial charge is 0.200 e. The molecule has 3 aliphatic heterocycles. The number of nitrogens with zero attached hydrogens (tertiary/aromatic N) is 3. The summed E-state index contributed by atoms with van der Waals surface area (Å²) in [5.74, 6) is 1.03. The molecule has 1 atom stereocenters. The van der Waals surface area contributed by atoms with Crippen LogP contribution >= 0.6 is 0 Å². The monoisotopic (exact) mass is 409 g/mol. The summed E-state index contributed by atoms with van der Waals surface area (Å²) in [6.07, 6.45) is 2.84. The molecule has 6 rings (SSSR count). The fraction of sp³-hybridized carbons (Fsp3) is 0.296. The number of para-hydroxylation sites is 1. The lowest BCUT2D eigenvalue weighted by molar-refractivity contribution is -0.150. The molecule has 0 N–H and O–H groups in total. The number of fused-ring (bicyclic) bond motifs is 4. The molecule has 1 spiro atoms. The number of ether oxygens (including phenoxy) is 1. The number of hydrazone groups is 1. The quantitative estimate of drug-likeness (QED) is 0.593. The molecule has 0 aliphatic carbocycles. The second-order valence-corrected chi connectivity index (χ2v) is 8.83. The van der Waals surface area contributed by atoms with Gasteiger partial charge in [0.2, 0.25) is 5.72 Å². The van der Waals surface area contributed by atoms with E-state index in [-0.39, 0.29) is 11.8 Å². The minimum atomic E-state index is -0.358. The minimum absolute atomic E-state index is 0.251. The van der Waals surface area contributed by atoms with E-state index >= 15 is 0 Å². The highest BCUT2D eigenvalue weighted by Crippen LogP contribution is 2.49. The van der Waals surface area contributed by atoms with Gasteiger partial charge in [-0.1, -0.05) is 78.9 Å². The zero-order valence-corrected chi connectivity index (χ0v) is 17.7. The topological polar surface area (TPSA) is 28.1 Å². The van der Waals surface area contributed by atoms with Crippen LogP contribution in [0.5, 0.6) is 5.75 Å². The van der Waals surface area contributed by atoms with E-state index in [1.54, 1.807) is 0 Å². The van der Waals surface area contributed by atoms with Crippen molar-refractivity contribution in [1.82, 2.24) is 9.91 Å². The molecule has 0 aromatic heterocycles. The summed E-state index contributed by atoms with van der Waals surface area (Å²) in [5, 5.41) is 7.47. The highest BCUT2D eigenvalue weighted by atomic mass is 16.5. The van der Waals surface area contributed by atoms with E-state index in [0.717, 1.165) is 50.4 Å². The summed E-state index contributed by atoms with van der Waals surface area (Å²) >= 11 is 0. The van der Waals surface area contributed by atoms with Crippen LogP contribution in [0.25, 0.3) is 0 Å². The van der Waals surface area contributed by atoms with Gasteiger partial charge in [-0.15, -0.1) is 0 Å². The van der Waals surface area contributed by atoms with Gasteiger partial charge in [-0.25, -0.2) is 5.01 Å². The first kappa shape index (κ1) is 18.6. The largest absolute Gasteiger partial charge is 0.466 e. The van der Waals surface area contributed by atoms with Gasteiger partial charge in [-0.05, 0) is 17.2 Å². The molecule has 4 heteroatoms. The van der Waals surface area contributed by atoms with Gasteiger partial charge in [-0.2, -0.15) is 5.10 Å². The Morgan fingerprint density at radius 1 is 0.839 bits per heavy atom. The molecule has 0 saturated carbocycles. The molecule has 3 heterocycles. The number of piperidine rings is 1. The molecule has 1 saturated heterocycles. The van der Waals surface area contributed by atoms with Crippen molar-refractivity contribution in [2.75, 3.05) is 13.1 Å². The van der Waals surface area contributed by atoms with Gasteiger partial charge in [0.15, 0.2) is 0 Å². The van der Waals surface area contributed by atoms with Crippen LogP contribution in [0.2, 0.25) is 0 Å². The van der Waals surface area contributed by atoms with Crippen molar-refractivity contribution in [1.29, 1.82) is 0 Å². The maximum absolute atomic E-state index is 6.75. The van der Waals surface area contributed by atoms with Crippen LogP contribution in [0, 0.1) is 0 Å². The van der Waals surface area contributed by atoms with Gasteiger partial charge in [0.1, 0.15) is 5.75 Å². The lowest BCUT2D eigenvalue weighted by Gasteiger charge is -2.51. The summed E-state index contributed by atoms with van der Waals surface area (Å²) < 4.78 is 6.75.